The van der Waals surface area contributed by atoms with E-state index in [-0.39, 0.29) is 24.5 Å². The van der Waals surface area contributed by atoms with E-state index in [9.17, 15) is 9.59 Å². The molecule has 2 amide bonds. The normalized spacial score (nSPS) is 14.8. The maximum Gasteiger partial charge on any atom is 0.261 e. The lowest BCUT2D eigenvalue weighted by atomic mass is 10.0. The standard InChI is InChI=1S/C26H32Br2N2O3/c1-17(2)20-10-13-24(23(28)14-20)33-16-25(31)30(15-19-8-11-21(27)12-9-19)18(3)26(32)29-22-6-4-5-7-22/h8-14,17-18,22H,4-7,15-16H2,1-3H3,(H,29,32)/t18-/m0/s1. The number of ether oxygens (including phenoxy) is 1. The molecule has 7 heteroatoms. The number of nitrogens with zero attached hydrogens (tertiary/aromatic N) is 1. The average Bonchev–Trinajstić information content (AvgIpc) is 3.30. The molecular formula is C26H32Br2N2O3. The number of halogens is 2. The van der Waals surface area contributed by atoms with Crippen molar-refractivity contribution in [2.45, 2.75) is 71.0 Å². The molecule has 33 heavy (non-hydrogen) atoms. The Labute approximate surface area is 213 Å². The minimum Gasteiger partial charge on any atom is -0.483 e. The average molecular weight is 580 g/mol. The summed E-state index contributed by atoms with van der Waals surface area (Å²) in [6.07, 6.45) is 4.28. The number of nitrogens with one attached hydrogen (secondary N) is 1. The highest BCUT2D eigenvalue weighted by atomic mass is 79.9. The summed E-state index contributed by atoms with van der Waals surface area (Å²) in [4.78, 5) is 27.8. The zero-order valence-corrected chi connectivity index (χ0v) is 22.6. The van der Waals surface area contributed by atoms with Crippen LogP contribution in [0.2, 0.25) is 0 Å². The molecule has 1 aliphatic carbocycles. The van der Waals surface area contributed by atoms with Gasteiger partial charge in [-0.1, -0.05) is 60.8 Å². The molecule has 0 aliphatic heterocycles. The zero-order chi connectivity index (χ0) is 24.0. The Bertz CT molecular complexity index is 957. The fourth-order valence-corrected chi connectivity index (χ4v) is 4.75. The van der Waals surface area contributed by atoms with Gasteiger partial charge in [0.2, 0.25) is 5.91 Å². The highest BCUT2D eigenvalue weighted by molar-refractivity contribution is 9.10. The number of rotatable bonds is 9. The molecule has 0 aromatic heterocycles. The SMILES string of the molecule is CC(C)c1ccc(OCC(=O)N(Cc2ccc(Br)cc2)[C@@H](C)C(=O)NC2CCCC2)c(Br)c1. The molecule has 0 heterocycles. The van der Waals surface area contributed by atoms with Crippen molar-refractivity contribution in [2.75, 3.05) is 6.61 Å². The predicted molar refractivity (Wildman–Crippen MR) is 138 cm³/mol. The van der Waals surface area contributed by atoms with Gasteiger partial charge in [0.15, 0.2) is 6.61 Å². The van der Waals surface area contributed by atoms with Gasteiger partial charge in [0, 0.05) is 17.1 Å². The van der Waals surface area contributed by atoms with Gasteiger partial charge in [-0.25, -0.2) is 0 Å². The third-order valence-electron chi connectivity index (χ3n) is 6.11. The number of hydrogen-bond acceptors (Lipinski definition) is 3. The molecule has 1 atom stereocenters. The lowest BCUT2D eigenvalue weighted by Crippen LogP contribution is -2.50. The number of carbonyl (C=O) groups excluding carboxylic acids is 2. The minimum atomic E-state index is -0.600. The van der Waals surface area contributed by atoms with E-state index in [4.69, 9.17) is 4.74 Å². The first-order valence-corrected chi connectivity index (χ1v) is 13.1. The first-order valence-electron chi connectivity index (χ1n) is 11.5. The zero-order valence-electron chi connectivity index (χ0n) is 19.4. The summed E-state index contributed by atoms with van der Waals surface area (Å²) in [5, 5.41) is 3.12. The van der Waals surface area contributed by atoms with E-state index in [0.29, 0.717) is 18.2 Å². The lowest BCUT2D eigenvalue weighted by Gasteiger charge is -2.29. The second kappa shape index (κ2) is 12.0. The van der Waals surface area contributed by atoms with Crippen LogP contribution < -0.4 is 10.1 Å². The monoisotopic (exact) mass is 578 g/mol. The molecule has 0 spiro atoms. The van der Waals surface area contributed by atoms with Crippen LogP contribution in [0.3, 0.4) is 0 Å². The van der Waals surface area contributed by atoms with E-state index >= 15 is 0 Å². The Morgan fingerprint density at radius 1 is 1.06 bits per heavy atom. The maximum absolute atomic E-state index is 13.3. The van der Waals surface area contributed by atoms with E-state index in [0.717, 1.165) is 40.2 Å². The van der Waals surface area contributed by atoms with Crippen LogP contribution in [0.15, 0.2) is 51.4 Å². The molecule has 1 aliphatic rings. The smallest absolute Gasteiger partial charge is 0.261 e. The summed E-state index contributed by atoms with van der Waals surface area (Å²) >= 11 is 6.99. The molecule has 0 radical (unpaired) electrons. The Morgan fingerprint density at radius 3 is 2.33 bits per heavy atom. The van der Waals surface area contributed by atoms with Gasteiger partial charge in [-0.15, -0.1) is 0 Å². The van der Waals surface area contributed by atoms with Gasteiger partial charge in [0.1, 0.15) is 11.8 Å². The molecule has 178 valence electrons. The van der Waals surface area contributed by atoms with Crippen LogP contribution in [0.1, 0.15) is 63.5 Å². The van der Waals surface area contributed by atoms with Crippen molar-refractivity contribution >= 4 is 43.7 Å². The van der Waals surface area contributed by atoms with E-state index in [2.05, 4.69) is 51.0 Å². The van der Waals surface area contributed by atoms with Crippen molar-refractivity contribution in [3.63, 3.8) is 0 Å². The number of amides is 2. The third kappa shape index (κ3) is 7.31. The summed E-state index contributed by atoms with van der Waals surface area (Å²) < 4.78 is 7.64. The second-order valence-corrected chi connectivity index (χ2v) is 10.7. The van der Waals surface area contributed by atoms with E-state index in [1.165, 1.54) is 5.56 Å². The van der Waals surface area contributed by atoms with Gasteiger partial charge in [-0.2, -0.15) is 0 Å². The summed E-state index contributed by atoms with van der Waals surface area (Å²) in [6, 6.07) is 13.3. The Hall–Kier alpha value is -1.86. The molecule has 0 unspecified atom stereocenters. The molecule has 2 aromatic rings. The fraction of sp³-hybridized carbons (Fsp3) is 0.462. The van der Waals surface area contributed by atoms with Crippen LogP contribution in [0, 0.1) is 0 Å². The third-order valence-corrected chi connectivity index (χ3v) is 7.26. The predicted octanol–water partition coefficient (Wildman–Crippen LogP) is 6.19. The largest absolute Gasteiger partial charge is 0.483 e. The van der Waals surface area contributed by atoms with Crippen LogP contribution in [-0.4, -0.2) is 35.4 Å². The van der Waals surface area contributed by atoms with E-state index in [1.54, 1.807) is 11.8 Å². The molecule has 5 nitrogen and oxygen atoms in total. The summed E-state index contributed by atoms with van der Waals surface area (Å²) in [5.74, 6) is 0.665. The highest BCUT2D eigenvalue weighted by Crippen LogP contribution is 2.29. The molecule has 0 saturated heterocycles. The summed E-state index contributed by atoms with van der Waals surface area (Å²) in [7, 11) is 0. The van der Waals surface area contributed by atoms with Crippen molar-refractivity contribution in [1.82, 2.24) is 10.2 Å². The lowest BCUT2D eigenvalue weighted by molar-refractivity contribution is -0.142. The number of carbonyl (C=O) groups is 2. The van der Waals surface area contributed by atoms with Gasteiger partial charge < -0.3 is 15.0 Å². The quantitative estimate of drug-likeness (QED) is 0.385. The topological polar surface area (TPSA) is 58.6 Å². The molecule has 1 N–H and O–H groups in total. The van der Waals surface area contributed by atoms with Gasteiger partial charge in [0.25, 0.3) is 5.91 Å². The van der Waals surface area contributed by atoms with Gasteiger partial charge >= 0.3 is 0 Å². The highest BCUT2D eigenvalue weighted by Gasteiger charge is 2.28. The Kier molecular flexibility index (Phi) is 9.38. The van der Waals surface area contributed by atoms with E-state index in [1.807, 2.05) is 42.5 Å². The first kappa shape index (κ1) is 25.8. The van der Waals surface area contributed by atoms with Crippen LogP contribution in [0.5, 0.6) is 5.75 Å². The van der Waals surface area contributed by atoms with Crippen molar-refractivity contribution in [2.24, 2.45) is 0 Å². The van der Waals surface area contributed by atoms with Crippen LogP contribution in [-0.2, 0) is 16.1 Å². The van der Waals surface area contributed by atoms with Crippen molar-refractivity contribution in [3.05, 3.63) is 62.5 Å². The van der Waals surface area contributed by atoms with Gasteiger partial charge in [0.05, 0.1) is 4.47 Å². The fourth-order valence-electron chi connectivity index (χ4n) is 3.98. The van der Waals surface area contributed by atoms with Crippen LogP contribution in [0.4, 0.5) is 0 Å². The van der Waals surface area contributed by atoms with E-state index < -0.39 is 6.04 Å². The summed E-state index contributed by atoms with van der Waals surface area (Å²) in [6.45, 7) is 6.24. The molecule has 1 saturated carbocycles. The van der Waals surface area contributed by atoms with Gasteiger partial charge in [-0.05, 0) is 77.0 Å². The van der Waals surface area contributed by atoms with Crippen LogP contribution in [0.25, 0.3) is 0 Å². The molecular weight excluding hydrogens is 548 g/mol. The van der Waals surface area contributed by atoms with Crippen molar-refractivity contribution in [3.8, 4) is 5.75 Å². The van der Waals surface area contributed by atoms with Crippen LogP contribution >= 0.6 is 31.9 Å². The number of benzene rings is 2. The molecule has 1 fully saturated rings. The molecule has 3 rings (SSSR count). The van der Waals surface area contributed by atoms with Gasteiger partial charge in [-0.3, -0.25) is 9.59 Å². The van der Waals surface area contributed by atoms with Crippen molar-refractivity contribution < 1.29 is 14.3 Å². The Balaban J connectivity index is 1.72. The van der Waals surface area contributed by atoms with Crippen molar-refractivity contribution in [1.29, 1.82) is 0 Å². The Morgan fingerprint density at radius 2 is 1.73 bits per heavy atom. The molecule has 2 aromatic carbocycles. The molecule has 0 bridgehead atoms. The minimum absolute atomic E-state index is 0.116. The maximum atomic E-state index is 13.3. The first-order chi connectivity index (χ1) is 15.7. The second-order valence-electron chi connectivity index (χ2n) is 8.95. The number of hydrogen-bond donors (Lipinski definition) is 1. The summed E-state index contributed by atoms with van der Waals surface area (Å²) in [5.41, 5.74) is 2.14.